The summed E-state index contributed by atoms with van der Waals surface area (Å²) in [6.07, 6.45) is 0. The van der Waals surface area contributed by atoms with Gasteiger partial charge in [-0.2, -0.15) is 0 Å². The van der Waals surface area contributed by atoms with Gasteiger partial charge in [0.1, 0.15) is 5.75 Å². The zero-order valence-corrected chi connectivity index (χ0v) is 9.99. The van der Waals surface area contributed by atoms with Crippen LogP contribution in [0.4, 0.5) is 0 Å². The predicted octanol–water partition coefficient (Wildman–Crippen LogP) is 1.19. The van der Waals surface area contributed by atoms with Crippen LogP contribution in [0, 0.1) is 0 Å². The Kier molecular flexibility index (Phi) is 4.11. The van der Waals surface area contributed by atoms with E-state index in [4.69, 9.17) is 5.73 Å². The number of rotatable bonds is 3. The lowest BCUT2D eigenvalue weighted by atomic mass is 10.2. The topological polar surface area (TPSA) is 66.6 Å². The van der Waals surface area contributed by atoms with Crippen molar-refractivity contribution in [2.24, 2.45) is 5.73 Å². The lowest BCUT2D eigenvalue weighted by Crippen LogP contribution is -2.31. The Labute approximate surface area is 96.8 Å². The number of hydrogen-bond acceptors (Lipinski definition) is 3. The van der Waals surface area contributed by atoms with Gasteiger partial charge in [-0.25, -0.2) is 0 Å². The fourth-order valence-electron chi connectivity index (χ4n) is 1.19. The van der Waals surface area contributed by atoms with Crippen LogP contribution in [0.2, 0.25) is 0 Å². The second-order valence-corrected chi connectivity index (χ2v) is 4.09. The molecule has 0 aromatic heterocycles. The van der Waals surface area contributed by atoms with Gasteiger partial charge in [0.2, 0.25) is 0 Å². The molecule has 0 spiro atoms. The van der Waals surface area contributed by atoms with Gasteiger partial charge in [0.25, 0.3) is 5.91 Å². The molecule has 0 aliphatic rings. The number of nitrogens with zero attached hydrogens (tertiary/aromatic N) is 1. The van der Waals surface area contributed by atoms with Gasteiger partial charge in [0.05, 0.1) is 5.56 Å². The number of aromatic hydroxyl groups is 1. The van der Waals surface area contributed by atoms with Crippen molar-refractivity contribution in [2.45, 2.75) is 0 Å². The molecule has 0 aliphatic heterocycles. The molecular weight excluding hydrogens is 260 g/mol. The van der Waals surface area contributed by atoms with Gasteiger partial charge < -0.3 is 15.7 Å². The van der Waals surface area contributed by atoms with Crippen molar-refractivity contribution in [3.63, 3.8) is 0 Å². The van der Waals surface area contributed by atoms with E-state index in [1.54, 1.807) is 19.2 Å². The fraction of sp³-hybridized carbons (Fsp3) is 0.300. The average molecular weight is 273 g/mol. The number of phenols is 1. The zero-order valence-electron chi connectivity index (χ0n) is 8.40. The fourth-order valence-corrected chi connectivity index (χ4v) is 1.54. The quantitative estimate of drug-likeness (QED) is 0.869. The summed E-state index contributed by atoms with van der Waals surface area (Å²) in [4.78, 5) is 13.2. The molecule has 0 saturated carbocycles. The monoisotopic (exact) mass is 272 g/mol. The highest BCUT2D eigenvalue weighted by Gasteiger charge is 2.14. The molecular formula is C10H13BrN2O2. The standard InChI is InChI=1S/C10H13BrN2O2/c1-13(5-4-12)10(15)8-3-2-7(11)6-9(8)14/h2-3,6,14H,4-5,12H2,1H3. The largest absolute Gasteiger partial charge is 0.507 e. The predicted molar refractivity (Wildman–Crippen MR) is 61.8 cm³/mol. The maximum absolute atomic E-state index is 11.8. The molecule has 0 atom stereocenters. The van der Waals surface area contributed by atoms with Crippen LogP contribution in [-0.4, -0.2) is 36.1 Å². The maximum atomic E-state index is 11.8. The van der Waals surface area contributed by atoms with Gasteiger partial charge in [0, 0.05) is 24.6 Å². The number of hydrogen-bond donors (Lipinski definition) is 2. The summed E-state index contributed by atoms with van der Waals surface area (Å²) >= 11 is 3.21. The van der Waals surface area contributed by atoms with Crippen molar-refractivity contribution in [1.29, 1.82) is 0 Å². The van der Waals surface area contributed by atoms with Crippen LogP contribution in [0.3, 0.4) is 0 Å². The molecule has 3 N–H and O–H groups in total. The van der Waals surface area contributed by atoms with Gasteiger partial charge in [-0.3, -0.25) is 4.79 Å². The number of halogens is 1. The number of nitrogens with two attached hydrogens (primary N) is 1. The first-order valence-electron chi connectivity index (χ1n) is 4.50. The van der Waals surface area contributed by atoms with Crippen molar-refractivity contribution in [3.05, 3.63) is 28.2 Å². The first-order valence-corrected chi connectivity index (χ1v) is 5.29. The first kappa shape index (κ1) is 12.0. The van der Waals surface area contributed by atoms with Gasteiger partial charge in [0.15, 0.2) is 0 Å². The summed E-state index contributed by atoms with van der Waals surface area (Å²) in [7, 11) is 1.65. The van der Waals surface area contributed by atoms with Gasteiger partial charge in [-0.1, -0.05) is 15.9 Å². The van der Waals surface area contributed by atoms with E-state index in [0.717, 1.165) is 4.47 Å². The smallest absolute Gasteiger partial charge is 0.257 e. The van der Waals surface area contributed by atoms with Crippen LogP contribution >= 0.6 is 15.9 Å². The van der Waals surface area contributed by atoms with Crippen LogP contribution < -0.4 is 5.73 Å². The Balaban J connectivity index is 2.91. The Morgan fingerprint density at radius 2 is 2.27 bits per heavy atom. The molecule has 4 nitrogen and oxygen atoms in total. The van der Waals surface area contributed by atoms with E-state index >= 15 is 0 Å². The molecule has 5 heteroatoms. The third kappa shape index (κ3) is 2.94. The van der Waals surface area contributed by atoms with Crippen molar-refractivity contribution >= 4 is 21.8 Å². The molecule has 15 heavy (non-hydrogen) atoms. The lowest BCUT2D eigenvalue weighted by molar-refractivity contribution is 0.0796. The number of phenolic OH excluding ortho intramolecular Hbond substituents is 1. The lowest BCUT2D eigenvalue weighted by Gasteiger charge is -2.16. The summed E-state index contributed by atoms with van der Waals surface area (Å²) < 4.78 is 0.734. The molecule has 1 aromatic rings. The number of carbonyl (C=O) groups is 1. The molecule has 0 unspecified atom stereocenters. The average Bonchev–Trinajstić information content (AvgIpc) is 2.17. The Bertz CT molecular complexity index is 368. The van der Waals surface area contributed by atoms with Gasteiger partial charge in [-0.15, -0.1) is 0 Å². The molecule has 0 saturated heterocycles. The Morgan fingerprint density at radius 1 is 1.60 bits per heavy atom. The van der Waals surface area contributed by atoms with E-state index < -0.39 is 0 Å². The normalized spacial score (nSPS) is 10.1. The Morgan fingerprint density at radius 3 is 2.80 bits per heavy atom. The summed E-state index contributed by atoms with van der Waals surface area (Å²) in [5.74, 6) is -0.260. The van der Waals surface area contributed by atoms with E-state index in [1.807, 2.05) is 0 Å². The second-order valence-electron chi connectivity index (χ2n) is 3.18. The molecule has 0 heterocycles. The summed E-state index contributed by atoms with van der Waals surface area (Å²) in [5.41, 5.74) is 5.63. The first-order chi connectivity index (χ1) is 7.06. The molecule has 0 fully saturated rings. The number of carbonyl (C=O) groups excluding carboxylic acids is 1. The molecule has 0 aliphatic carbocycles. The van der Waals surface area contributed by atoms with E-state index in [9.17, 15) is 9.90 Å². The highest BCUT2D eigenvalue weighted by Crippen LogP contribution is 2.23. The van der Waals surface area contributed by atoms with Crippen molar-refractivity contribution in [3.8, 4) is 5.75 Å². The van der Waals surface area contributed by atoms with Gasteiger partial charge in [-0.05, 0) is 18.2 Å². The van der Waals surface area contributed by atoms with E-state index in [1.165, 1.54) is 11.0 Å². The minimum absolute atomic E-state index is 0.0294. The van der Waals surface area contributed by atoms with Gasteiger partial charge >= 0.3 is 0 Å². The summed E-state index contributed by atoms with van der Waals surface area (Å²) in [6.45, 7) is 0.869. The molecule has 82 valence electrons. The molecule has 1 rings (SSSR count). The second kappa shape index (κ2) is 5.14. The summed E-state index contributed by atoms with van der Waals surface area (Å²) in [6, 6.07) is 4.78. The third-order valence-corrected chi connectivity index (χ3v) is 2.49. The van der Waals surface area contributed by atoms with Crippen LogP contribution in [0.15, 0.2) is 22.7 Å². The minimum Gasteiger partial charge on any atom is -0.507 e. The van der Waals surface area contributed by atoms with Crippen LogP contribution in [0.5, 0.6) is 5.75 Å². The van der Waals surface area contributed by atoms with Crippen LogP contribution in [0.1, 0.15) is 10.4 Å². The molecule has 1 amide bonds. The zero-order chi connectivity index (χ0) is 11.4. The SMILES string of the molecule is CN(CCN)C(=O)c1ccc(Br)cc1O. The number of amides is 1. The Hall–Kier alpha value is -1.07. The van der Waals surface area contributed by atoms with Crippen molar-refractivity contribution in [2.75, 3.05) is 20.1 Å². The highest BCUT2D eigenvalue weighted by molar-refractivity contribution is 9.10. The third-order valence-electron chi connectivity index (χ3n) is 2.00. The van der Waals surface area contributed by atoms with Crippen LogP contribution in [0.25, 0.3) is 0 Å². The number of likely N-dealkylation sites (N-methyl/N-ethyl adjacent to an activating group) is 1. The van der Waals surface area contributed by atoms with Crippen LogP contribution in [-0.2, 0) is 0 Å². The minimum atomic E-state index is -0.231. The van der Waals surface area contributed by atoms with E-state index in [2.05, 4.69) is 15.9 Å². The summed E-state index contributed by atoms with van der Waals surface area (Å²) in [5, 5.41) is 9.57. The van der Waals surface area contributed by atoms with Crippen molar-refractivity contribution < 1.29 is 9.90 Å². The van der Waals surface area contributed by atoms with E-state index in [0.29, 0.717) is 13.1 Å². The molecule has 0 bridgehead atoms. The number of benzene rings is 1. The highest BCUT2D eigenvalue weighted by atomic mass is 79.9. The molecule has 1 aromatic carbocycles. The van der Waals surface area contributed by atoms with E-state index in [-0.39, 0.29) is 17.2 Å². The van der Waals surface area contributed by atoms with Crippen molar-refractivity contribution in [1.82, 2.24) is 4.90 Å². The molecule has 0 radical (unpaired) electrons. The maximum Gasteiger partial charge on any atom is 0.257 e.